The van der Waals surface area contributed by atoms with Gasteiger partial charge in [-0.1, -0.05) is 12.1 Å². The number of hydrogen-bond donors (Lipinski definition) is 2. The van der Waals surface area contributed by atoms with Crippen molar-refractivity contribution in [2.75, 3.05) is 5.32 Å². The lowest BCUT2D eigenvalue weighted by atomic mass is 10.1. The number of nitrogens with zero attached hydrogens (tertiary/aromatic N) is 3. The maximum Gasteiger partial charge on any atom is 0.258 e. The second-order valence-corrected chi connectivity index (χ2v) is 5.65. The lowest BCUT2D eigenvalue weighted by Crippen LogP contribution is -2.13. The number of imidazole rings is 1. The molecule has 2 aromatic heterocycles. The number of benzene rings is 2. The first-order chi connectivity index (χ1) is 11.6. The second kappa shape index (κ2) is 5.42. The smallest absolute Gasteiger partial charge is 0.258 e. The number of para-hydroxylation sites is 2. The number of carbonyl (C=O) groups is 1. The largest absolute Gasteiger partial charge is 0.324 e. The summed E-state index contributed by atoms with van der Waals surface area (Å²) in [4.78, 5) is 28.9. The van der Waals surface area contributed by atoms with Gasteiger partial charge in [-0.15, -0.1) is 0 Å². The van der Waals surface area contributed by atoms with Crippen LogP contribution in [-0.2, 0) is 0 Å². The molecule has 118 valence electrons. The number of nitrogens with one attached hydrogen (secondary N) is 2. The Morgan fingerprint density at radius 3 is 2.46 bits per heavy atom. The van der Waals surface area contributed by atoms with Crippen LogP contribution in [0.15, 0.2) is 42.5 Å². The summed E-state index contributed by atoms with van der Waals surface area (Å²) in [6.45, 7) is 3.83. The number of fused-ring (bicyclic) bond motifs is 2. The van der Waals surface area contributed by atoms with Crippen molar-refractivity contribution in [2.45, 2.75) is 13.8 Å². The monoisotopic (exact) mass is 317 g/mol. The van der Waals surface area contributed by atoms with Gasteiger partial charge in [-0.05, 0) is 44.2 Å². The molecule has 2 N–H and O–H groups in total. The second-order valence-electron chi connectivity index (χ2n) is 5.65. The fourth-order valence-corrected chi connectivity index (χ4v) is 2.56. The van der Waals surface area contributed by atoms with E-state index in [9.17, 15) is 4.79 Å². The standard InChI is InChI=1S/C18H15N5O/c1-10-11(2)20-16-9-12(7-8-15(16)19-10)17(24)23-18-21-13-5-3-4-6-14(13)22-18/h3-9H,1-2H3,(H2,21,22,23,24). The van der Waals surface area contributed by atoms with Gasteiger partial charge in [-0.3, -0.25) is 10.1 Å². The van der Waals surface area contributed by atoms with Crippen LogP contribution < -0.4 is 5.32 Å². The minimum atomic E-state index is -0.240. The Kier molecular flexibility index (Phi) is 3.23. The lowest BCUT2D eigenvalue weighted by molar-refractivity contribution is 0.102. The SMILES string of the molecule is Cc1nc2ccc(C(=O)Nc3nc4ccccc4[nH]3)cc2nc1C. The zero-order valence-electron chi connectivity index (χ0n) is 13.3. The fraction of sp³-hybridized carbons (Fsp3) is 0.111. The Hall–Kier alpha value is -3.28. The summed E-state index contributed by atoms with van der Waals surface area (Å²) in [7, 11) is 0. The minimum absolute atomic E-state index is 0.240. The molecule has 6 nitrogen and oxygen atoms in total. The Morgan fingerprint density at radius 2 is 1.67 bits per heavy atom. The third-order valence-corrected chi connectivity index (χ3v) is 3.96. The van der Waals surface area contributed by atoms with E-state index in [0.717, 1.165) is 27.9 Å². The Morgan fingerprint density at radius 1 is 0.917 bits per heavy atom. The first-order valence-electron chi connectivity index (χ1n) is 7.61. The summed E-state index contributed by atoms with van der Waals surface area (Å²) in [5.41, 5.74) is 5.43. The van der Waals surface area contributed by atoms with E-state index in [4.69, 9.17) is 0 Å². The number of carbonyl (C=O) groups excluding carboxylic acids is 1. The highest BCUT2D eigenvalue weighted by Gasteiger charge is 2.11. The van der Waals surface area contributed by atoms with Gasteiger partial charge in [0.1, 0.15) is 0 Å². The van der Waals surface area contributed by atoms with Crippen LogP contribution in [0.5, 0.6) is 0 Å². The third kappa shape index (κ3) is 2.48. The van der Waals surface area contributed by atoms with Gasteiger partial charge in [-0.2, -0.15) is 0 Å². The number of H-pyrrole nitrogens is 1. The number of aromatic nitrogens is 4. The molecule has 1 amide bonds. The van der Waals surface area contributed by atoms with Gasteiger partial charge in [0.25, 0.3) is 5.91 Å². The molecule has 24 heavy (non-hydrogen) atoms. The summed E-state index contributed by atoms with van der Waals surface area (Å²) in [6.07, 6.45) is 0. The van der Waals surface area contributed by atoms with Crippen molar-refractivity contribution in [2.24, 2.45) is 0 Å². The molecule has 0 saturated carbocycles. The lowest BCUT2D eigenvalue weighted by Gasteiger charge is -2.05. The molecule has 0 fully saturated rings. The molecule has 0 unspecified atom stereocenters. The predicted molar refractivity (Wildman–Crippen MR) is 93.1 cm³/mol. The minimum Gasteiger partial charge on any atom is -0.324 e. The zero-order chi connectivity index (χ0) is 16.7. The van der Waals surface area contributed by atoms with Gasteiger partial charge in [0.2, 0.25) is 5.95 Å². The summed E-state index contributed by atoms with van der Waals surface area (Å²) >= 11 is 0. The van der Waals surface area contributed by atoms with Crippen LogP contribution in [0.1, 0.15) is 21.7 Å². The average molecular weight is 317 g/mol. The Labute approximate surface area is 138 Å². The number of aryl methyl sites for hydroxylation is 2. The first-order valence-corrected chi connectivity index (χ1v) is 7.61. The maximum atomic E-state index is 12.5. The van der Waals surface area contributed by atoms with Crippen molar-refractivity contribution >= 4 is 33.9 Å². The highest BCUT2D eigenvalue weighted by atomic mass is 16.1. The molecular formula is C18H15N5O. The van der Waals surface area contributed by atoms with E-state index in [2.05, 4.69) is 25.3 Å². The van der Waals surface area contributed by atoms with Crippen LogP contribution in [0.3, 0.4) is 0 Å². The summed E-state index contributed by atoms with van der Waals surface area (Å²) < 4.78 is 0. The van der Waals surface area contributed by atoms with E-state index in [0.29, 0.717) is 17.0 Å². The van der Waals surface area contributed by atoms with Crippen molar-refractivity contribution in [1.82, 2.24) is 19.9 Å². The number of rotatable bonds is 2. The van der Waals surface area contributed by atoms with E-state index >= 15 is 0 Å². The van der Waals surface area contributed by atoms with Crippen LogP contribution in [-0.4, -0.2) is 25.8 Å². The van der Waals surface area contributed by atoms with E-state index < -0.39 is 0 Å². The van der Waals surface area contributed by atoms with E-state index in [1.807, 2.05) is 44.2 Å². The van der Waals surface area contributed by atoms with Crippen LogP contribution in [0.2, 0.25) is 0 Å². The van der Waals surface area contributed by atoms with E-state index in [-0.39, 0.29) is 5.91 Å². The number of amides is 1. The van der Waals surface area contributed by atoms with E-state index in [1.165, 1.54) is 0 Å². The molecule has 4 rings (SSSR count). The van der Waals surface area contributed by atoms with Crippen molar-refractivity contribution in [3.05, 3.63) is 59.4 Å². The van der Waals surface area contributed by atoms with Gasteiger partial charge in [0, 0.05) is 5.56 Å². The molecule has 0 aliphatic heterocycles. The van der Waals surface area contributed by atoms with Crippen molar-refractivity contribution in [1.29, 1.82) is 0 Å². The van der Waals surface area contributed by atoms with Gasteiger partial charge in [-0.25, -0.2) is 15.0 Å². The van der Waals surface area contributed by atoms with Crippen molar-refractivity contribution in [3.8, 4) is 0 Å². The molecule has 2 aromatic carbocycles. The highest BCUT2D eigenvalue weighted by molar-refractivity contribution is 6.05. The molecule has 6 heteroatoms. The quantitative estimate of drug-likeness (QED) is 0.593. The van der Waals surface area contributed by atoms with Crippen molar-refractivity contribution < 1.29 is 4.79 Å². The van der Waals surface area contributed by atoms with Crippen LogP contribution in [0.25, 0.3) is 22.1 Å². The van der Waals surface area contributed by atoms with E-state index in [1.54, 1.807) is 12.1 Å². The topological polar surface area (TPSA) is 83.6 Å². The molecular weight excluding hydrogens is 302 g/mol. The molecule has 0 bridgehead atoms. The molecule has 0 aliphatic carbocycles. The molecule has 4 aromatic rings. The summed E-state index contributed by atoms with van der Waals surface area (Å²) in [6, 6.07) is 12.9. The van der Waals surface area contributed by atoms with Crippen LogP contribution in [0.4, 0.5) is 5.95 Å². The van der Waals surface area contributed by atoms with Gasteiger partial charge in [0.05, 0.1) is 33.5 Å². The normalized spacial score (nSPS) is 11.1. The maximum absolute atomic E-state index is 12.5. The molecule has 0 spiro atoms. The van der Waals surface area contributed by atoms with Crippen molar-refractivity contribution in [3.63, 3.8) is 0 Å². The Bertz CT molecular complexity index is 1050. The van der Waals surface area contributed by atoms with Gasteiger partial charge >= 0.3 is 0 Å². The molecule has 0 aliphatic rings. The molecule has 0 saturated heterocycles. The zero-order valence-corrected chi connectivity index (χ0v) is 13.3. The molecule has 0 atom stereocenters. The van der Waals surface area contributed by atoms with Crippen LogP contribution >= 0.6 is 0 Å². The Balaban J connectivity index is 1.66. The molecule has 2 heterocycles. The first kappa shape index (κ1) is 14.3. The van der Waals surface area contributed by atoms with Gasteiger partial charge in [0.15, 0.2) is 0 Å². The molecule has 0 radical (unpaired) electrons. The van der Waals surface area contributed by atoms with Crippen LogP contribution in [0, 0.1) is 13.8 Å². The fourth-order valence-electron chi connectivity index (χ4n) is 2.56. The highest BCUT2D eigenvalue weighted by Crippen LogP contribution is 2.17. The summed E-state index contributed by atoms with van der Waals surface area (Å²) in [5, 5.41) is 2.78. The number of aromatic amines is 1. The third-order valence-electron chi connectivity index (χ3n) is 3.96. The number of hydrogen-bond acceptors (Lipinski definition) is 4. The predicted octanol–water partition coefficient (Wildman–Crippen LogP) is 3.38. The number of anilines is 1. The summed E-state index contributed by atoms with van der Waals surface area (Å²) in [5.74, 6) is 0.184. The van der Waals surface area contributed by atoms with Gasteiger partial charge < -0.3 is 4.98 Å². The average Bonchev–Trinajstić information content (AvgIpc) is 2.97.